The van der Waals surface area contributed by atoms with Crippen LogP contribution in [0.1, 0.15) is 19.8 Å². The number of nitrogens with one attached hydrogen (secondary N) is 1. The second-order valence-electron chi connectivity index (χ2n) is 5.48. The van der Waals surface area contributed by atoms with Gasteiger partial charge in [-0.2, -0.15) is 0 Å². The van der Waals surface area contributed by atoms with E-state index in [1.165, 1.54) is 12.8 Å². The van der Waals surface area contributed by atoms with E-state index in [1.54, 1.807) is 4.57 Å². The Morgan fingerprint density at radius 1 is 1.30 bits per heavy atom. The highest BCUT2D eigenvalue weighted by Crippen LogP contribution is 2.13. The van der Waals surface area contributed by atoms with Gasteiger partial charge in [0.25, 0.3) is 5.56 Å². The van der Waals surface area contributed by atoms with Crippen molar-refractivity contribution in [3.8, 4) is 0 Å². The van der Waals surface area contributed by atoms with Crippen molar-refractivity contribution in [2.75, 3.05) is 13.1 Å². The van der Waals surface area contributed by atoms with Crippen LogP contribution in [-0.4, -0.2) is 33.6 Å². The monoisotopic (exact) mass is 289 g/mol. The molecule has 0 aliphatic carbocycles. The number of rotatable bonds is 3. The molecule has 0 amide bonds. The fraction of sp³-hybridized carbons (Fsp3) is 0.467. The largest absolute Gasteiger partial charge is 0.332 e. The number of hydrogen-bond acceptors (Lipinski definition) is 3. The molecule has 2 aromatic rings. The second-order valence-corrected chi connectivity index (χ2v) is 5.87. The van der Waals surface area contributed by atoms with Crippen LogP contribution in [-0.2, 0) is 6.54 Å². The number of aromatic amines is 1. The van der Waals surface area contributed by atoms with Gasteiger partial charge in [0.1, 0.15) is 0 Å². The lowest BCUT2D eigenvalue weighted by molar-refractivity contribution is 0.233. The number of benzene rings is 1. The van der Waals surface area contributed by atoms with E-state index in [4.69, 9.17) is 12.2 Å². The molecule has 0 spiro atoms. The highest BCUT2D eigenvalue weighted by Gasteiger charge is 2.19. The van der Waals surface area contributed by atoms with Crippen molar-refractivity contribution in [3.63, 3.8) is 0 Å². The maximum Gasteiger partial charge on any atom is 0.262 e. The van der Waals surface area contributed by atoms with Crippen LogP contribution in [0.15, 0.2) is 29.1 Å². The van der Waals surface area contributed by atoms with Gasteiger partial charge in [-0.15, -0.1) is 0 Å². The van der Waals surface area contributed by atoms with Crippen molar-refractivity contribution >= 4 is 23.1 Å². The zero-order chi connectivity index (χ0) is 14.1. The van der Waals surface area contributed by atoms with E-state index in [2.05, 4.69) is 16.8 Å². The summed E-state index contributed by atoms with van der Waals surface area (Å²) in [6, 6.07) is 7.87. The average molecular weight is 289 g/mol. The summed E-state index contributed by atoms with van der Waals surface area (Å²) in [5.41, 5.74) is 0.822. The molecule has 20 heavy (non-hydrogen) atoms. The fourth-order valence-corrected chi connectivity index (χ4v) is 3.19. The molecule has 1 aromatic carbocycles. The molecule has 0 bridgehead atoms. The summed E-state index contributed by atoms with van der Waals surface area (Å²) in [5, 5.41) is 0.703. The standard InChI is InChI=1S/C15H19N3OS/c1-11(17-8-4-5-9-17)10-18-14(19)12-6-2-3-7-13(12)16-15(18)20/h2-3,6-7,11H,4-5,8-10H2,1H3,(H,16,20). The van der Waals surface area contributed by atoms with Gasteiger partial charge in [0.2, 0.25) is 0 Å². The molecule has 106 valence electrons. The Balaban J connectivity index is 1.99. The van der Waals surface area contributed by atoms with Crippen LogP contribution in [0, 0.1) is 4.77 Å². The summed E-state index contributed by atoms with van der Waals surface area (Å²) in [4.78, 5) is 18.1. The number of aromatic nitrogens is 2. The first-order valence-electron chi connectivity index (χ1n) is 7.13. The topological polar surface area (TPSA) is 41.0 Å². The summed E-state index contributed by atoms with van der Waals surface area (Å²) in [7, 11) is 0. The Labute approximate surface area is 123 Å². The molecule has 1 N–H and O–H groups in total. The van der Waals surface area contributed by atoms with Crippen molar-refractivity contribution in [1.29, 1.82) is 0 Å². The van der Waals surface area contributed by atoms with Gasteiger partial charge in [0.15, 0.2) is 4.77 Å². The number of likely N-dealkylation sites (tertiary alicyclic amines) is 1. The number of fused-ring (bicyclic) bond motifs is 1. The minimum atomic E-state index is 0.00963. The van der Waals surface area contributed by atoms with E-state index in [9.17, 15) is 4.79 Å². The van der Waals surface area contributed by atoms with Crippen LogP contribution in [0.25, 0.3) is 10.9 Å². The van der Waals surface area contributed by atoms with Gasteiger partial charge < -0.3 is 4.98 Å². The lowest BCUT2D eigenvalue weighted by Crippen LogP contribution is -2.37. The van der Waals surface area contributed by atoms with Crippen LogP contribution in [0.5, 0.6) is 0 Å². The number of para-hydroxylation sites is 1. The third-order valence-electron chi connectivity index (χ3n) is 4.10. The quantitative estimate of drug-likeness (QED) is 0.883. The summed E-state index contributed by atoms with van der Waals surface area (Å²) in [6.45, 7) is 5.07. The first-order valence-corrected chi connectivity index (χ1v) is 7.53. The van der Waals surface area contributed by atoms with Crippen molar-refractivity contribution in [2.45, 2.75) is 32.4 Å². The highest BCUT2D eigenvalue weighted by molar-refractivity contribution is 7.71. The molecule has 1 fully saturated rings. The smallest absolute Gasteiger partial charge is 0.262 e. The van der Waals surface area contributed by atoms with Gasteiger partial charge >= 0.3 is 0 Å². The summed E-state index contributed by atoms with van der Waals surface area (Å²) in [6.07, 6.45) is 2.51. The van der Waals surface area contributed by atoms with Gasteiger partial charge in [0, 0.05) is 12.6 Å². The Morgan fingerprint density at radius 3 is 2.75 bits per heavy atom. The molecule has 1 aliphatic rings. The number of nitrogens with zero attached hydrogens (tertiary/aromatic N) is 2. The Hall–Kier alpha value is -1.46. The van der Waals surface area contributed by atoms with E-state index < -0.39 is 0 Å². The number of hydrogen-bond donors (Lipinski definition) is 1. The molecule has 3 rings (SSSR count). The first kappa shape index (κ1) is 13.5. The molecule has 0 saturated carbocycles. The zero-order valence-corrected chi connectivity index (χ0v) is 12.4. The molecular weight excluding hydrogens is 270 g/mol. The molecule has 5 heteroatoms. The van der Waals surface area contributed by atoms with Crippen molar-refractivity contribution in [2.24, 2.45) is 0 Å². The first-order chi connectivity index (χ1) is 9.66. The van der Waals surface area contributed by atoms with Crippen molar-refractivity contribution < 1.29 is 0 Å². The normalized spacial score (nSPS) is 17.6. The maximum atomic E-state index is 12.6. The Bertz CT molecular complexity index is 728. The van der Waals surface area contributed by atoms with Gasteiger partial charge in [-0.3, -0.25) is 14.3 Å². The molecule has 1 aromatic heterocycles. The van der Waals surface area contributed by atoms with E-state index in [-0.39, 0.29) is 5.56 Å². The fourth-order valence-electron chi connectivity index (χ4n) is 2.93. The van der Waals surface area contributed by atoms with E-state index in [1.807, 2.05) is 24.3 Å². The average Bonchev–Trinajstić information content (AvgIpc) is 2.97. The summed E-state index contributed by atoms with van der Waals surface area (Å²) in [5.74, 6) is 0. The SMILES string of the molecule is CC(Cn1c(=S)[nH]c2ccccc2c1=O)N1CCCC1. The second kappa shape index (κ2) is 5.50. The van der Waals surface area contributed by atoms with Gasteiger partial charge in [-0.1, -0.05) is 12.1 Å². The van der Waals surface area contributed by atoms with Crippen LogP contribution in [0.4, 0.5) is 0 Å². The van der Waals surface area contributed by atoms with Gasteiger partial charge in [0.05, 0.1) is 10.9 Å². The minimum Gasteiger partial charge on any atom is -0.332 e. The molecule has 1 atom stereocenters. The van der Waals surface area contributed by atoms with E-state index in [0.717, 1.165) is 18.6 Å². The molecular formula is C15H19N3OS. The summed E-state index contributed by atoms with van der Waals surface area (Å²) >= 11 is 5.35. The minimum absolute atomic E-state index is 0.00963. The molecule has 1 unspecified atom stereocenters. The molecule has 4 nitrogen and oxygen atoms in total. The van der Waals surface area contributed by atoms with Crippen LogP contribution >= 0.6 is 12.2 Å². The Kier molecular flexibility index (Phi) is 3.72. The van der Waals surface area contributed by atoms with Crippen LogP contribution in [0.3, 0.4) is 0 Å². The predicted octanol–water partition coefficient (Wildman–Crippen LogP) is 2.54. The molecule has 1 saturated heterocycles. The highest BCUT2D eigenvalue weighted by atomic mass is 32.1. The predicted molar refractivity (Wildman–Crippen MR) is 83.7 cm³/mol. The van der Waals surface area contributed by atoms with Crippen LogP contribution in [0.2, 0.25) is 0 Å². The third kappa shape index (κ3) is 2.43. The molecule has 0 radical (unpaired) electrons. The molecule has 2 heterocycles. The third-order valence-corrected chi connectivity index (χ3v) is 4.42. The van der Waals surface area contributed by atoms with E-state index >= 15 is 0 Å². The maximum absolute atomic E-state index is 12.6. The van der Waals surface area contributed by atoms with Crippen molar-refractivity contribution in [1.82, 2.24) is 14.5 Å². The summed E-state index contributed by atoms with van der Waals surface area (Å²) < 4.78 is 2.21. The lowest BCUT2D eigenvalue weighted by Gasteiger charge is -2.24. The molecule has 1 aliphatic heterocycles. The zero-order valence-electron chi connectivity index (χ0n) is 11.6. The Morgan fingerprint density at radius 2 is 2.00 bits per heavy atom. The lowest BCUT2D eigenvalue weighted by atomic mass is 10.2. The van der Waals surface area contributed by atoms with Crippen molar-refractivity contribution in [3.05, 3.63) is 39.4 Å². The van der Waals surface area contributed by atoms with Gasteiger partial charge in [-0.25, -0.2) is 0 Å². The van der Waals surface area contributed by atoms with E-state index in [0.29, 0.717) is 22.7 Å². The van der Waals surface area contributed by atoms with Crippen LogP contribution < -0.4 is 5.56 Å². The number of H-pyrrole nitrogens is 1. The van der Waals surface area contributed by atoms with Gasteiger partial charge in [-0.05, 0) is 57.2 Å².